The number of amides is 2. The lowest BCUT2D eigenvalue weighted by atomic mass is 10.2. The van der Waals surface area contributed by atoms with Crippen molar-refractivity contribution in [3.05, 3.63) is 41.9 Å². The third-order valence-electron chi connectivity index (χ3n) is 5.51. The molecular formula is C22H32N4O4. The van der Waals surface area contributed by atoms with Crippen LogP contribution in [0.5, 0.6) is 0 Å². The van der Waals surface area contributed by atoms with Gasteiger partial charge >= 0.3 is 0 Å². The van der Waals surface area contributed by atoms with Crippen LogP contribution >= 0.6 is 0 Å². The first-order chi connectivity index (χ1) is 14.5. The summed E-state index contributed by atoms with van der Waals surface area (Å²) in [5, 5.41) is 0. The molecule has 0 saturated carbocycles. The molecule has 0 aliphatic carbocycles. The topological polar surface area (TPSA) is 80.8 Å². The summed E-state index contributed by atoms with van der Waals surface area (Å²) < 4.78 is 13.3. The van der Waals surface area contributed by atoms with Crippen molar-refractivity contribution >= 4 is 11.8 Å². The van der Waals surface area contributed by atoms with Crippen LogP contribution in [0.4, 0.5) is 0 Å². The normalized spacial score (nSPS) is 16.0. The molecule has 8 heteroatoms. The standard InChI is InChI=1S/C22H32N4O4/c1-4-21(27)26(14-18-10-8-12-29-18)13-17-9-7-11-25(17)15-20-23-19(16-30-20)22(28)24(5-2)6-3/h7,9,11,16,18H,4-6,8,10,12-15H2,1-3H3/t18-/m0/s1. The fraction of sp³-hybridized carbons (Fsp3) is 0.591. The molecule has 0 aromatic carbocycles. The van der Waals surface area contributed by atoms with E-state index in [4.69, 9.17) is 9.15 Å². The zero-order valence-corrected chi connectivity index (χ0v) is 18.2. The van der Waals surface area contributed by atoms with Crippen molar-refractivity contribution in [2.75, 3.05) is 26.2 Å². The van der Waals surface area contributed by atoms with Gasteiger partial charge in [0.15, 0.2) is 5.69 Å². The van der Waals surface area contributed by atoms with Crippen LogP contribution in [0.25, 0.3) is 0 Å². The fourth-order valence-corrected chi connectivity index (χ4v) is 3.76. The van der Waals surface area contributed by atoms with Crippen LogP contribution in [0.3, 0.4) is 0 Å². The Kier molecular flexibility index (Phi) is 7.68. The molecule has 30 heavy (non-hydrogen) atoms. The molecule has 0 N–H and O–H groups in total. The van der Waals surface area contributed by atoms with Crippen molar-refractivity contribution in [3.63, 3.8) is 0 Å². The van der Waals surface area contributed by atoms with E-state index < -0.39 is 0 Å². The minimum atomic E-state index is -0.126. The van der Waals surface area contributed by atoms with Crippen molar-refractivity contribution in [1.29, 1.82) is 0 Å². The number of nitrogens with zero attached hydrogens (tertiary/aromatic N) is 4. The number of aromatic nitrogens is 2. The Bertz CT molecular complexity index is 834. The van der Waals surface area contributed by atoms with E-state index in [1.54, 1.807) is 4.90 Å². The average molecular weight is 417 g/mol. The van der Waals surface area contributed by atoms with Gasteiger partial charge < -0.3 is 23.5 Å². The van der Waals surface area contributed by atoms with E-state index in [0.717, 1.165) is 25.1 Å². The lowest BCUT2D eigenvalue weighted by Gasteiger charge is -2.25. The molecule has 2 aromatic rings. The second kappa shape index (κ2) is 10.4. The van der Waals surface area contributed by atoms with Crippen LogP contribution in [0, 0.1) is 0 Å². The number of carbonyl (C=O) groups is 2. The Hall–Kier alpha value is -2.61. The quantitative estimate of drug-likeness (QED) is 0.595. The second-order valence-electron chi connectivity index (χ2n) is 7.49. The molecule has 3 rings (SSSR count). The highest BCUT2D eigenvalue weighted by molar-refractivity contribution is 5.91. The molecule has 2 aromatic heterocycles. The molecular weight excluding hydrogens is 384 g/mol. The molecule has 0 unspecified atom stereocenters. The lowest BCUT2D eigenvalue weighted by Crippen LogP contribution is -2.37. The monoisotopic (exact) mass is 416 g/mol. The van der Waals surface area contributed by atoms with Crippen LogP contribution in [-0.4, -0.2) is 63.5 Å². The minimum absolute atomic E-state index is 0.112. The van der Waals surface area contributed by atoms with Gasteiger partial charge in [-0.05, 0) is 38.8 Å². The summed E-state index contributed by atoms with van der Waals surface area (Å²) in [7, 11) is 0. The molecule has 0 spiro atoms. The number of hydrogen-bond acceptors (Lipinski definition) is 5. The Morgan fingerprint density at radius 1 is 1.23 bits per heavy atom. The summed E-state index contributed by atoms with van der Waals surface area (Å²) in [5.41, 5.74) is 1.31. The van der Waals surface area contributed by atoms with E-state index in [0.29, 0.717) is 50.7 Å². The highest BCUT2D eigenvalue weighted by atomic mass is 16.5. The lowest BCUT2D eigenvalue weighted by molar-refractivity contribution is -0.133. The van der Waals surface area contributed by atoms with Gasteiger partial charge in [-0.25, -0.2) is 4.98 Å². The van der Waals surface area contributed by atoms with E-state index in [2.05, 4.69) is 4.98 Å². The highest BCUT2D eigenvalue weighted by Gasteiger charge is 2.23. The first-order valence-electron chi connectivity index (χ1n) is 10.8. The number of hydrogen-bond donors (Lipinski definition) is 0. The molecule has 2 amide bonds. The van der Waals surface area contributed by atoms with Gasteiger partial charge in [0, 0.05) is 44.6 Å². The molecule has 3 heterocycles. The van der Waals surface area contributed by atoms with Crippen molar-refractivity contribution in [2.24, 2.45) is 0 Å². The van der Waals surface area contributed by atoms with Gasteiger partial charge in [0.1, 0.15) is 6.26 Å². The molecule has 164 valence electrons. The van der Waals surface area contributed by atoms with Gasteiger partial charge in [-0.2, -0.15) is 0 Å². The molecule has 1 atom stereocenters. The van der Waals surface area contributed by atoms with Crippen molar-refractivity contribution < 1.29 is 18.7 Å². The largest absolute Gasteiger partial charge is 0.446 e. The van der Waals surface area contributed by atoms with E-state index in [1.165, 1.54) is 6.26 Å². The van der Waals surface area contributed by atoms with Gasteiger partial charge in [-0.3, -0.25) is 9.59 Å². The highest BCUT2D eigenvalue weighted by Crippen LogP contribution is 2.17. The molecule has 0 bridgehead atoms. The van der Waals surface area contributed by atoms with Crippen LogP contribution in [-0.2, 0) is 22.6 Å². The molecule has 1 aliphatic rings. The Morgan fingerprint density at radius 3 is 2.70 bits per heavy atom. The molecule has 1 fully saturated rings. The zero-order chi connectivity index (χ0) is 21.5. The van der Waals surface area contributed by atoms with Crippen molar-refractivity contribution in [2.45, 2.75) is 59.2 Å². The van der Waals surface area contributed by atoms with Crippen LogP contribution in [0.2, 0.25) is 0 Å². The Morgan fingerprint density at radius 2 is 2.03 bits per heavy atom. The summed E-state index contributed by atoms with van der Waals surface area (Å²) in [6.45, 7) is 9.31. The Labute approximate surface area is 177 Å². The SMILES string of the molecule is CCC(=O)N(Cc1cccn1Cc1nc(C(=O)N(CC)CC)co1)C[C@@H]1CCCO1. The van der Waals surface area contributed by atoms with Crippen LogP contribution < -0.4 is 0 Å². The van der Waals surface area contributed by atoms with Gasteiger partial charge in [0.25, 0.3) is 5.91 Å². The summed E-state index contributed by atoms with van der Waals surface area (Å²) in [4.78, 5) is 32.9. The zero-order valence-electron chi connectivity index (χ0n) is 18.2. The van der Waals surface area contributed by atoms with Crippen molar-refractivity contribution in [3.8, 4) is 0 Å². The maximum atomic E-state index is 12.5. The summed E-state index contributed by atoms with van der Waals surface area (Å²) >= 11 is 0. The van der Waals surface area contributed by atoms with Gasteiger partial charge in [0.2, 0.25) is 11.8 Å². The smallest absolute Gasteiger partial charge is 0.275 e. The minimum Gasteiger partial charge on any atom is -0.446 e. The number of rotatable bonds is 10. The molecule has 1 aliphatic heterocycles. The predicted octanol–water partition coefficient (Wildman–Crippen LogP) is 2.92. The molecule has 1 saturated heterocycles. The molecule has 0 radical (unpaired) electrons. The van der Waals surface area contributed by atoms with Gasteiger partial charge in [0.05, 0.1) is 19.2 Å². The van der Waals surface area contributed by atoms with Crippen molar-refractivity contribution in [1.82, 2.24) is 19.4 Å². The summed E-state index contributed by atoms with van der Waals surface area (Å²) in [6.07, 6.45) is 5.98. The fourth-order valence-electron chi connectivity index (χ4n) is 3.76. The predicted molar refractivity (Wildman–Crippen MR) is 112 cm³/mol. The van der Waals surface area contributed by atoms with E-state index >= 15 is 0 Å². The van der Waals surface area contributed by atoms with Crippen LogP contribution in [0.1, 0.15) is 62.1 Å². The first-order valence-corrected chi connectivity index (χ1v) is 10.8. The summed E-state index contributed by atoms with van der Waals surface area (Å²) in [6, 6.07) is 3.94. The number of ether oxygens (including phenoxy) is 1. The van der Waals surface area contributed by atoms with Crippen LogP contribution in [0.15, 0.2) is 29.0 Å². The first kappa shape index (κ1) is 22.1. The van der Waals surface area contributed by atoms with E-state index in [9.17, 15) is 9.59 Å². The maximum Gasteiger partial charge on any atom is 0.275 e. The summed E-state index contributed by atoms with van der Waals surface area (Å²) in [5.74, 6) is 0.455. The third kappa shape index (κ3) is 5.30. The third-order valence-corrected chi connectivity index (χ3v) is 5.51. The number of oxazole rings is 1. The Balaban J connectivity index is 1.68. The van der Waals surface area contributed by atoms with E-state index in [1.807, 2.05) is 48.6 Å². The maximum absolute atomic E-state index is 12.5. The average Bonchev–Trinajstić information content (AvgIpc) is 3.51. The van der Waals surface area contributed by atoms with E-state index in [-0.39, 0.29) is 17.9 Å². The number of carbonyl (C=O) groups excluding carboxylic acids is 2. The second-order valence-corrected chi connectivity index (χ2v) is 7.49. The molecule has 8 nitrogen and oxygen atoms in total. The van der Waals surface area contributed by atoms with Gasteiger partial charge in [-0.1, -0.05) is 6.92 Å². The van der Waals surface area contributed by atoms with Gasteiger partial charge in [-0.15, -0.1) is 0 Å².